The minimum absolute atomic E-state index is 0.00585. The van der Waals surface area contributed by atoms with Gasteiger partial charge in [-0.25, -0.2) is 4.79 Å². The molecule has 0 bridgehead atoms. The second kappa shape index (κ2) is 9.70. The van der Waals surface area contributed by atoms with E-state index in [2.05, 4.69) is 21.6 Å². The first-order chi connectivity index (χ1) is 12.8. The van der Waals surface area contributed by atoms with Gasteiger partial charge in [-0.2, -0.15) is 0 Å². The molecule has 2 amide bonds. The van der Waals surface area contributed by atoms with Crippen LogP contribution in [0.3, 0.4) is 0 Å². The fraction of sp³-hybridized carbons (Fsp3) is 0.667. The van der Waals surface area contributed by atoms with Gasteiger partial charge in [0.25, 0.3) is 0 Å². The maximum absolute atomic E-state index is 12.3. The van der Waals surface area contributed by atoms with Crippen molar-refractivity contribution in [1.82, 2.24) is 10.6 Å². The molecule has 0 aromatic heterocycles. The van der Waals surface area contributed by atoms with Crippen LogP contribution in [0.25, 0.3) is 0 Å². The van der Waals surface area contributed by atoms with E-state index in [0.29, 0.717) is 12.0 Å². The molecule has 0 radical (unpaired) electrons. The predicted molar refractivity (Wildman–Crippen MR) is 106 cm³/mol. The molecule has 1 heterocycles. The quantitative estimate of drug-likeness (QED) is 0.837. The zero-order chi connectivity index (χ0) is 18.2. The van der Waals surface area contributed by atoms with E-state index < -0.39 is 0 Å². The SMILES string of the molecule is COc1ccccc1N1CCC(CNC(=O)NC2CCCCCCC2)C1. The summed E-state index contributed by atoms with van der Waals surface area (Å²) < 4.78 is 5.47. The Hall–Kier alpha value is -1.91. The van der Waals surface area contributed by atoms with Crippen LogP contribution in [-0.4, -0.2) is 38.8 Å². The average Bonchev–Trinajstić information content (AvgIpc) is 3.11. The molecule has 5 nitrogen and oxygen atoms in total. The Morgan fingerprint density at radius 3 is 2.62 bits per heavy atom. The highest BCUT2D eigenvalue weighted by molar-refractivity contribution is 5.74. The number of carbonyl (C=O) groups is 1. The molecule has 2 fully saturated rings. The van der Waals surface area contributed by atoms with Crippen molar-refractivity contribution in [2.24, 2.45) is 5.92 Å². The topological polar surface area (TPSA) is 53.6 Å². The summed E-state index contributed by atoms with van der Waals surface area (Å²) in [6, 6.07) is 8.51. The van der Waals surface area contributed by atoms with Crippen molar-refractivity contribution >= 4 is 11.7 Å². The van der Waals surface area contributed by atoms with Crippen LogP contribution >= 0.6 is 0 Å². The summed E-state index contributed by atoms with van der Waals surface area (Å²) in [7, 11) is 1.72. The molecular weight excluding hydrogens is 326 g/mol. The second-order valence-corrected chi connectivity index (χ2v) is 7.67. The molecule has 1 atom stereocenters. The van der Waals surface area contributed by atoms with E-state index in [4.69, 9.17) is 4.74 Å². The average molecular weight is 360 g/mol. The van der Waals surface area contributed by atoms with Crippen molar-refractivity contribution in [3.05, 3.63) is 24.3 Å². The summed E-state index contributed by atoms with van der Waals surface area (Å²) in [6.45, 7) is 2.71. The molecule has 2 aliphatic rings. The van der Waals surface area contributed by atoms with Gasteiger partial charge >= 0.3 is 6.03 Å². The Morgan fingerprint density at radius 1 is 1.12 bits per heavy atom. The number of rotatable bonds is 5. The smallest absolute Gasteiger partial charge is 0.315 e. The summed E-state index contributed by atoms with van der Waals surface area (Å²) in [6.07, 6.45) is 9.78. The Kier molecular flexibility index (Phi) is 7.04. The second-order valence-electron chi connectivity index (χ2n) is 7.67. The minimum Gasteiger partial charge on any atom is -0.495 e. The molecule has 3 rings (SSSR count). The lowest BCUT2D eigenvalue weighted by Crippen LogP contribution is -2.44. The number of nitrogens with zero attached hydrogens (tertiary/aromatic N) is 1. The van der Waals surface area contributed by atoms with E-state index in [1.54, 1.807) is 7.11 Å². The van der Waals surface area contributed by atoms with Gasteiger partial charge in [-0.15, -0.1) is 0 Å². The summed E-state index contributed by atoms with van der Waals surface area (Å²) in [5.74, 6) is 1.41. The van der Waals surface area contributed by atoms with Crippen molar-refractivity contribution in [3.8, 4) is 5.75 Å². The molecule has 1 saturated carbocycles. The van der Waals surface area contributed by atoms with E-state index in [9.17, 15) is 4.79 Å². The van der Waals surface area contributed by atoms with Gasteiger partial charge in [0.05, 0.1) is 12.8 Å². The van der Waals surface area contributed by atoms with Gasteiger partial charge in [-0.1, -0.05) is 44.2 Å². The molecular formula is C21H33N3O2. The van der Waals surface area contributed by atoms with Gasteiger partial charge in [-0.3, -0.25) is 0 Å². The summed E-state index contributed by atoms with van der Waals surface area (Å²) in [5, 5.41) is 6.29. The number of anilines is 1. The fourth-order valence-electron chi connectivity index (χ4n) is 4.18. The van der Waals surface area contributed by atoms with Gasteiger partial charge in [0.1, 0.15) is 5.75 Å². The number of methoxy groups -OCH3 is 1. The Labute approximate surface area is 157 Å². The van der Waals surface area contributed by atoms with Gasteiger partial charge in [0.15, 0.2) is 0 Å². The van der Waals surface area contributed by atoms with E-state index >= 15 is 0 Å². The number of ether oxygens (including phenoxy) is 1. The number of amides is 2. The molecule has 1 aliphatic carbocycles. The van der Waals surface area contributed by atoms with Crippen LogP contribution in [0.4, 0.5) is 10.5 Å². The highest BCUT2D eigenvalue weighted by Gasteiger charge is 2.25. The molecule has 1 aromatic carbocycles. The van der Waals surface area contributed by atoms with Crippen LogP contribution in [0.5, 0.6) is 5.75 Å². The molecule has 0 spiro atoms. The van der Waals surface area contributed by atoms with Crippen LogP contribution in [-0.2, 0) is 0 Å². The Bertz CT molecular complexity index is 570. The highest BCUT2D eigenvalue weighted by Crippen LogP contribution is 2.31. The summed E-state index contributed by atoms with van der Waals surface area (Å²) in [4.78, 5) is 14.6. The van der Waals surface area contributed by atoms with Crippen LogP contribution in [0.1, 0.15) is 51.4 Å². The maximum atomic E-state index is 12.3. The number of para-hydroxylation sites is 2. The third-order valence-corrected chi connectivity index (χ3v) is 5.70. The van der Waals surface area contributed by atoms with E-state index in [1.807, 2.05) is 18.2 Å². The van der Waals surface area contributed by atoms with Crippen molar-refractivity contribution in [3.63, 3.8) is 0 Å². The molecule has 26 heavy (non-hydrogen) atoms. The molecule has 1 aliphatic heterocycles. The van der Waals surface area contributed by atoms with Gasteiger partial charge in [0.2, 0.25) is 0 Å². The van der Waals surface area contributed by atoms with Crippen LogP contribution in [0.15, 0.2) is 24.3 Å². The lowest BCUT2D eigenvalue weighted by Gasteiger charge is -2.22. The molecule has 1 saturated heterocycles. The highest BCUT2D eigenvalue weighted by atomic mass is 16.5. The monoisotopic (exact) mass is 359 g/mol. The van der Waals surface area contributed by atoms with Crippen LogP contribution in [0.2, 0.25) is 0 Å². The maximum Gasteiger partial charge on any atom is 0.315 e. The van der Waals surface area contributed by atoms with Crippen molar-refractivity contribution < 1.29 is 9.53 Å². The third-order valence-electron chi connectivity index (χ3n) is 5.70. The Morgan fingerprint density at radius 2 is 1.85 bits per heavy atom. The van der Waals surface area contributed by atoms with Crippen LogP contribution in [0, 0.1) is 5.92 Å². The summed E-state index contributed by atoms with van der Waals surface area (Å²) in [5.41, 5.74) is 1.15. The first kappa shape index (κ1) is 18.9. The number of hydrogen-bond donors (Lipinski definition) is 2. The van der Waals surface area contributed by atoms with Crippen molar-refractivity contribution in [2.75, 3.05) is 31.6 Å². The van der Waals surface area contributed by atoms with Crippen molar-refractivity contribution in [1.29, 1.82) is 0 Å². The lowest BCUT2D eigenvalue weighted by atomic mass is 9.97. The number of urea groups is 1. The number of carbonyl (C=O) groups excluding carboxylic acids is 1. The van der Waals surface area contributed by atoms with Gasteiger partial charge in [-0.05, 0) is 37.3 Å². The van der Waals surface area contributed by atoms with Gasteiger partial charge in [0, 0.05) is 25.7 Å². The van der Waals surface area contributed by atoms with E-state index in [0.717, 1.165) is 50.3 Å². The number of hydrogen-bond acceptors (Lipinski definition) is 3. The zero-order valence-corrected chi connectivity index (χ0v) is 16.0. The zero-order valence-electron chi connectivity index (χ0n) is 16.0. The fourth-order valence-corrected chi connectivity index (χ4v) is 4.18. The van der Waals surface area contributed by atoms with Crippen molar-refractivity contribution in [2.45, 2.75) is 57.4 Å². The first-order valence-corrected chi connectivity index (χ1v) is 10.2. The van der Waals surface area contributed by atoms with Crippen LogP contribution < -0.4 is 20.3 Å². The summed E-state index contributed by atoms with van der Waals surface area (Å²) >= 11 is 0. The molecule has 5 heteroatoms. The predicted octanol–water partition coefficient (Wildman–Crippen LogP) is 3.93. The normalized spacial score (nSPS) is 21.7. The lowest BCUT2D eigenvalue weighted by molar-refractivity contribution is 0.232. The van der Waals surface area contributed by atoms with E-state index in [-0.39, 0.29) is 6.03 Å². The molecule has 2 N–H and O–H groups in total. The molecule has 144 valence electrons. The third kappa shape index (κ3) is 5.29. The largest absolute Gasteiger partial charge is 0.495 e. The van der Waals surface area contributed by atoms with Gasteiger partial charge < -0.3 is 20.3 Å². The molecule has 1 unspecified atom stereocenters. The Balaban J connectivity index is 1.42. The number of nitrogens with one attached hydrogen (secondary N) is 2. The van der Waals surface area contributed by atoms with E-state index in [1.165, 1.54) is 32.1 Å². The first-order valence-electron chi connectivity index (χ1n) is 10.2. The molecule has 1 aromatic rings. The number of benzene rings is 1. The standard InChI is InChI=1S/C21H33N3O2/c1-26-20-12-8-7-11-19(20)24-14-13-17(16-24)15-22-21(25)23-18-9-5-3-2-4-6-10-18/h7-8,11-12,17-18H,2-6,9-10,13-16H2,1H3,(H2,22,23,25). The minimum atomic E-state index is 0.00585.